The number of aryl methyl sites for hydroxylation is 1. The summed E-state index contributed by atoms with van der Waals surface area (Å²) in [6.45, 7) is 0.515. The maximum atomic E-state index is 12.7. The second-order valence-electron chi connectivity index (χ2n) is 7.33. The lowest BCUT2D eigenvalue weighted by Crippen LogP contribution is -2.40. The number of ether oxygens (including phenoxy) is 1. The van der Waals surface area contributed by atoms with Crippen molar-refractivity contribution in [2.45, 2.75) is 44.4 Å². The van der Waals surface area contributed by atoms with E-state index in [9.17, 15) is 21.6 Å². The van der Waals surface area contributed by atoms with E-state index >= 15 is 0 Å². The van der Waals surface area contributed by atoms with Crippen LogP contribution in [0.1, 0.15) is 37.1 Å². The molecule has 0 radical (unpaired) electrons. The summed E-state index contributed by atoms with van der Waals surface area (Å²) in [7, 11) is -3.54. The molecule has 1 aromatic carbocycles. The van der Waals surface area contributed by atoms with Gasteiger partial charge >= 0.3 is 6.18 Å². The third-order valence-corrected chi connectivity index (χ3v) is 6.89. The lowest BCUT2D eigenvalue weighted by Gasteiger charge is -2.30. The molecule has 0 aliphatic carbocycles. The predicted molar refractivity (Wildman–Crippen MR) is 115 cm³/mol. The van der Waals surface area contributed by atoms with Crippen LogP contribution in [0, 0.1) is 0 Å². The summed E-state index contributed by atoms with van der Waals surface area (Å²) in [5, 5.41) is 1.09. The van der Waals surface area contributed by atoms with Crippen LogP contribution in [0.5, 0.6) is 5.75 Å². The van der Waals surface area contributed by atoms with Crippen LogP contribution in [0.3, 0.4) is 0 Å². The zero-order chi connectivity index (χ0) is 23.2. The molecular formula is C21H23ClF3N3O3S. The quantitative estimate of drug-likeness (QED) is 0.495. The number of unbranched alkanes of at least 4 members (excludes halogenated alkanes) is 1. The zero-order valence-corrected chi connectivity index (χ0v) is 18.7. The zero-order valence-electron chi connectivity index (χ0n) is 17.1. The van der Waals surface area contributed by atoms with Gasteiger partial charge in [-0.2, -0.15) is 17.5 Å². The SMILES string of the molecule is O=S(=O)(C=CCCCc1ncccn1)N1CCC(Oc2ccc(C(F)(F)F)cc2Cl)CC1. The predicted octanol–water partition coefficient (Wildman–Crippen LogP) is 4.86. The molecule has 0 spiro atoms. The van der Waals surface area contributed by atoms with E-state index in [0.29, 0.717) is 25.7 Å². The number of hydrogen-bond donors (Lipinski definition) is 0. The third-order valence-electron chi connectivity index (χ3n) is 4.97. The van der Waals surface area contributed by atoms with Crippen LogP contribution in [0.4, 0.5) is 13.2 Å². The van der Waals surface area contributed by atoms with Crippen molar-refractivity contribution < 1.29 is 26.3 Å². The van der Waals surface area contributed by atoms with Gasteiger partial charge in [-0.15, -0.1) is 0 Å². The lowest BCUT2D eigenvalue weighted by atomic mass is 10.1. The minimum Gasteiger partial charge on any atom is -0.489 e. The Morgan fingerprint density at radius 1 is 1.19 bits per heavy atom. The van der Waals surface area contributed by atoms with E-state index in [1.54, 1.807) is 24.5 Å². The number of sulfonamides is 1. The van der Waals surface area contributed by atoms with Gasteiger partial charge in [-0.05, 0) is 49.9 Å². The van der Waals surface area contributed by atoms with Crippen LogP contribution >= 0.6 is 11.6 Å². The van der Waals surface area contributed by atoms with Gasteiger partial charge in [-0.25, -0.2) is 18.4 Å². The monoisotopic (exact) mass is 489 g/mol. The second kappa shape index (κ2) is 10.6. The normalized spacial score (nSPS) is 16.5. The molecule has 0 amide bonds. The van der Waals surface area contributed by atoms with Gasteiger partial charge in [0.2, 0.25) is 10.0 Å². The van der Waals surface area contributed by atoms with E-state index in [-0.39, 0.29) is 30.0 Å². The molecular weight excluding hydrogens is 467 g/mol. The van der Waals surface area contributed by atoms with E-state index in [4.69, 9.17) is 16.3 Å². The van der Waals surface area contributed by atoms with Crippen molar-refractivity contribution in [3.63, 3.8) is 0 Å². The minimum absolute atomic E-state index is 0.126. The topological polar surface area (TPSA) is 72.4 Å². The molecule has 0 atom stereocenters. The Bertz CT molecular complexity index is 1030. The maximum Gasteiger partial charge on any atom is 0.416 e. The molecule has 2 heterocycles. The van der Waals surface area contributed by atoms with Crippen LogP contribution in [0.15, 0.2) is 48.1 Å². The van der Waals surface area contributed by atoms with E-state index in [0.717, 1.165) is 24.4 Å². The summed E-state index contributed by atoms with van der Waals surface area (Å²) in [4.78, 5) is 8.25. The largest absolute Gasteiger partial charge is 0.489 e. The van der Waals surface area contributed by atoms with Crippen LogP contribution in [0.2, 0.25) is 5.02 Å². The molecule has 0 bridgehead atoms. The van der Waals surface area contributed by atoms with E-state index < -0.39 is 21.8 Å². The Hall–Kier alpha value is -2.17. The second-order valence-corrected chi connectivity index (χ2v) is 9.56. The highest BCUT2D eigenvalue weighted by atomic mass is 35.5. The summed E-state index contributed by atoms with van der Waals surface area (Å²) in [6.07, 6.45) is 2.97. The molecule has 32 heavy (non-hydrogen) atoms. The van der Waals surface area contributed by atoms with Crippen LogP contribution in [0.25, 0.3) is 0 Å². The van der Waals surface area contributed by atoms with Gasteiger partial charge in [0, 0.05) is 37.3 Å². The summed E-state index contributed by atoms with van der Waals surface area (Å²) >= 11 is 5.93. The van der Waals surface area contributed by atoms with Crippen molar-refractivity contribution in [2.75, 3.05) is 13.1 Å². The van der Waals surface area contributed by atoms with Crippen molar-refractivity contribution >= 4 is 21.6 Å². The number of alkyl halides is 3. The average Bonchev–Trinajstić information content (AvgIpc) is 2.75. The summed E-state index contributed by atoms with van der Waals surface area (Å²) in [5.74, 6) is 0.877. The number of halogens is 4. The molecule has 1 fully saturated rings. The standard InChI is InChI=1S/C21H23ClF3N3O3S/c22-18-15-16(21(23,24)25)6-7-19(18)31-17-8-12-28(13-9-17)32(29,30)14-3-1-2-5-20-26-10-4-11-27-20/h3-4,6-7,10-11,14-15,17H,1-2,5,8-9,12-13H2. The first-order valence-electron chi connectivity index (χ1n) is 10.1. The van der Waals surface area contributed by atoms with Crippen molar-refractivity contribution in [1.29, 1.82) is 0 Å². The van der Waals surface area contributed by atoms with Crippen LogP contribution < -0.4 is 4.74 Å². The molecule has 0 unspecified atom stereocenters. The molecule has 0 saturated carbocycles. The molecule has 174 valence electrons. The Kier molecular flexibility index (Phi) is 8.13. The van der Waals surface area contributed by atoms with Crippen molar-refractivity contribution in [3.05, 3.63) is 64.6 Å². The van der Waals surface area contributed by atoms with Crippen LogP contribution in [-0.4, -0.2) is 41.9 Å². The Morgan fingerprint density at radius 2 is 1.88 bits per heavy atom. The van der Waals surface area contributed by atoms with E-state index in [1.807, 2.05) is 0 Å². The fourth-order valence-corrected chi connectivity index (χ4v) is 4.77. The van der Waals surface area contributed by atoms with Crippen molar-refractivity contribution in [3.8, 4) is 5.75 Å². The maximum absolute atomic E-state index is 12.7. The Balaban J connectivity index is 1.46. The van der Waals surface area contributed by atoms with Crippen LogP contribution in [-0.2, 0) is 22.6 Å². The molecule has 1 saturated heterocycles. The summed E-state index contributed by atoms with van der Waals surface area (Å²) < 4.78 is 70.4. The van der Waals surface area contributed by atoms with Gasteiger partial charge in [0.05, 0.1) is 10.6 Å². The number of rotatable bonds is 8. The van der Waals surface area contributed by atoms with Crippen molar-refractivity contribution in [2.24, 2.45) is 0 Å². The van der Waals surface area contributed by atoms with Gasteiger partial charge in [0.15, 0.2) is 0 Å². The first-order valence-corrected chi connectivity index (χ1v) is 12.0. The first-order chi connectivity index (χ1) is 15.1. The van der Waals surface area contributed by atoms with Gasteiger partial charge in [0.1, 0.15) is 17.7 Å². The van der Waals surface area contributed by atoms with Crippen molar-refractivity contribution in [1.82, 2.24) is 14.3 Å². The molecule has 6 nitrogen and oxygen atoms in total. The van der Waals surface area contributed by atoms with E-state index in [1.165, 1.54) is 15.8 Å². The number of allylic oxidation sites excluding steroid dienone is 1. The van der Waals surface area contributed by atoms with E-state index in [2.05, 4.69) is 9.97 Å². The highest BCUT2D eigenvalue weighted by molar-refractivity contribution is 7.92. The molecule has 11 heteroatoms. The Morgan fingerprint density at radius 3 is 2.50 bits per heavy atom. The number of hydrogen-bond acceptors (Lipinski definition) is 5. The highest BCUT2D eigenvalue weighted by Crippen LogP contribution is 2.35. The fourth-order valence-electron chi connectivity index (χ4n) is 3.27. The molecule has 1 aliphatic rings. The number of nitrogens with zero attached hydrogens (tertiary/aromatic N) is 3. The lowest BCUT2D eigenvalue weighted by molar-refractivity contribution is -0.137. The smallest absolute Gasteiger partial charge is 0.416 e. The number of aromatic nitrogens is 2. The molecule has 1 aliphatic heterocycles. The third kappa shape index (κ3) is 6.91. The first kappa shape index (κ1) is 24.5. The minimum atomic E-state index is -4.48. The van der Waals surface area contributed by atoms with Gasteiger partial charge in [-0.1, -0.05) is 17.7 Å². The van der Waals surface area contributed by atoms with Gasteiger partial charge in [0.25, 0.3) is 0 Å². The number of benzene rings is 1. The molecule has 1 aromatic heterocycles. The highest BCUT2D eigenvalue weighted by Gasteiger charge is 2.32. The molecule has 3 rings (SSSR count). The molecule has 2 aromatic rings. The summed E-state index contributed by atoms with van der Waals surface area (Å²) in [5.41, 5.74) is -0.848. The van der Waals surface area contributed by atoms with Gasteiger partial charge in [-0.3, -0.25) is 0 Å². The number of piperidine rings is 1. The summed E-state index contributed by atoms with van der Waals surface area (Å²) in [6, 6.07) is 4.67. The fraction of sp³-hybridized carbons (Fsp3) is 0.429. The average molecular weight is 490 g/mol. The molecule has 0 N–H and O–H groups in total. The van der Waals surface area contributed by atoms with Gasteiger partial charge < -0.3 is 4.74 Å². The Labute approximate surface area is 190 Å².